The zero-order chi connectivity index (χ0) is 34.5. The highest BCUT2D eigenvalue weighted by Crippen LogP contribution is 2.39. The fraction of sp³-hybridized carbons (Fsp3) is 0.242. The van der Waals surface area contributed by atoms with Crippen molar-refractivity contribution in [1.82, 2.24) is 4.57 Å². The Morgan fingerprint density at radius 3 is 2.29 bits per heavy atom. The van der Waals surface area contributed by atoms with Crippen molar-refractivity contribution in [2.75, 3.05) is 20.8 Å². The summed E-state index contributed by atoms with van der Waals surface area (Å²) in [7, 11) is 3.02. The minimum Gasteiger partial charge on any atom is -0.497 e. The van der Waals surface area contributed by atoms with Crippen LogP contribution in [0.3, 0.4) is 0 Å². The Kier molecular flexibility index (Phi) is 9.99. The van der Waals surface area contributed by atoms with Crippen LogP contribution in [-0.2, 0) is 9.53 Å². The molecule has 1 aromatic heterocycles. The number of carbonyl (C=O) groups is 1. The van der Waals surface area contributed by atoms with Crippen molar-refractivity contribution in [2.24, 2.45) is 4.99 Å². The number of nitrogens with zero attached hydrogens (tertiary/aromatic N) is 4. The number of rotatable bonds is 12. The van der Waals surface area contributed by atoms with E-state index in [9.17, 15) is 29.8 Å². The fourth-order valence-corrected chi connectivity index (χ4v) is 6.25. The van der Waals surface area contributed by atoms with Gasteiger partial charge in [0.05, 0.1) is 52.5 Å². The Morgan fingerprint density at radius 1 is 0.958 bits per heavy atom. The van der Waals surface area contributed by atoms with Crippen molar-refractivity contribution in [1.29, 1.82) is 0 Å². The van der Waals surface area contributed by atoms with Gasteiger partial charge in [-0.2, -0.15) is 0 Å². The van der Waals surface area contributed by atoms with E-state index in [1.54, 1.807) is 55.5 Å². The maximum Gasteiger partial charge on any atom is 0.338 e. The Hall–Kier alpha value is -5.83. The lowest BCUT2D eigenvalue weighted by Gasteiger charge is -2.27. The van der Waals surface area contributed by atoms with Gasteiger partial charge in [-0.05, 0) is 61.4 Å². The fourth-order valence-electron chi connectivity index (χ4n) is 5.23. The molecule has 0 unspecified atom stereocenters. The van der Waals surface area contributed by atoms with Crippen LogP contribution in [0.2, 0.25) is 0 Å². The first-order chi connectivity index (χ1) is 23.1. The average molecular weight is 675 g/mol. The number of hydrogen-bond donors (Lipinski definition) is 0. The summed E-state index contributed by atoms with van der Waals surface area (Å²) >= 11 is 1.16. The van der Waals surface area contributed by atoms with Crippen LogP contribution in [0, 0.1) is 20.2 Å². The van der Waals surface area contributed by atoms with Crippen LogP contribution in [-0.4, -0.2) is 41.2 Å². The number of aromatic nitrogens is 1. The molecule has 14 nitrogen and oxygen atoms in total. The van der Waals surface area contributed by atoms with Crippen LogP contribution in [0.4, 0.5) is 11.4 Å². The van der Waals surface area contributed by atoms with Crippen LogP contribution in [0.15, 0.2) is 81.7 Å². The van der Waals surface area contributed by atoms with Gasteiger partial charge < -0.3 is 18.9 Å². The van der Waals surface area contributed by atoms with Gasteiger partial charge in [-0.25, -0.2) is 9.79 Å². The molecule has 1 atom stereocenters. The molecular formula is C33H30N4O10S. The number of ether oxygens (including phenoxy) is 4. The molecular weight excluding hydrogens is 644 g/mol. The summed E-state index contributed by atoms with van der Waals surface area (Å²) in [6, 6.07) is 13.8. The third-order valence-electron chi connectivity index (χ3n) is 7.38. The standard InChI is InChI=1S/C33H30N4O10S/c1-5-7-24-29(32(39)46-6-2)30(23-18-22(44-3)13-15-26(23)45-4)35-31(38)28(48-33(35)34-24)16-19-8-11-21(12-9-19)47-27-14-10-20(36(40)41)17-25(27)37(42)43/h8-18,30H,5-7H2,1-4H3/b28-16-/t30-/m1/s1. The van der Waals surface area contributed by atoms with Crippen LogP contribution >= 0.6 is 11.3 Å². The highest BCUT2D eigenvalue weighted by molar-refractivity contribution is 7.07. The number of non-ortho nitro benzene ring substituents is 1. The summed E-state index contributed by atoms with van der Waals surface area (Å²) in [6.07, 6.45) is 2.82. The van der Waals surface area contributed by atoms with Crippen molar-refractivity contribution >= 4 is 34.8 Å². The van der Waals surface area contributed by atoms with Gasteiger partial charge in [0.25, 0.3) is 11.2 Å². The molecule has 1 aliphatic heterocycles. The molecule has 248 valence electrons. The Morgan fingerprint density at radius 2 is 1.67 bits per heavy atom. The third kappa shape index (κ3) is 6.66. The van der Waals surface area contributed by atoms with Crippen molar-refractivity contribution in [3.8, 4) is 23.0 Å². The molecule has 0 fully saturated rings. The van der Waals surface area contributed by atoms with Gasteiger partial charge in [0.15, 0.2) is 4.80 Å². The number of thiazole rings is 1. The average Bonchev–Trinajstić information content (AvgIpc) is 3.38. The molecule has 1 aliphatic rings. The molecule has 0 aliphatic carbocycles. The van der Waals surface area contributed by atoms with E-state index in [-0.39, 0.29) is 23.7 Å². The van der Waals surface area contributed by atoms with Gasteiger partial charge in [0.1, 0.15) is 23.3 Å². The molecule has 0 saturated heterocycles. The second-order valence-corrected chi connectivity index (χ2v) is 11.4. The SMILES string of the molecule is CCCC1=C(C(=O)OCC)[C@@H](c2cc(OC)ccc2OC)n2c(s/c(=C\c3ccc(Oc4ccc([N+](=O)[O-])cc4[N+](=O)[O-])cc3)c2=O)=N1. The number of hydrogen-bond acceptors (Lipinski definition) is 12. The van der Waals surface area contributed by atoms with Gasteiger partial charge in [0.2, 0.25) is 5.75 Å². The predicted molar refractivity (Wildman–Crippen MR) is 175 cm³/mol. The van der Waals surface area contributed by atoms with Gasteiger partial charge in [-0.3, -0.25) is 29.6 Å². The first-order valence-corrected chi connectivity index (χ1v) is 15.6. The third-order valence-corrected chi connectivity index (χ3v) is 8.36. The summed E-state index contributed by atoms with van der Waals surface area (Å²) in [6.45, 7) is 3.80. The molecule has 4 aromatic rings. The molecule has 5 rings (SSSR count). The van der Waals surface area contributed by atoms with E-state index in [0.29, 0.717) is 50.5 Å². The first kappa shape index (κ1) is 33.5. The lowest BCUT2D eigenvalue weighted by molar-refractivity contribution is -0.394. The predicted octanol–water partition coefficient (Wildman–Crippen LogP) is 5.20. The van der Waals surface area contributed by atoms with Gasteiger partial charge in [0, 0.05) is 11.6 Å². The van der Waals surface area contributed by atoms with Crippen molar-refractivity contribution in [2.45, 2.75) is 32.7 Å². The van der Waals surface area contributed by atoms with E-state index in [0.717, 1.165) is 29.5 Å². The summed E-state index contributed by atoms with van der Waals surface area (Å²) in [5.74, 6) is 0.432. The Bertz CT molecular complexity index is 2120. The van der Waals surface area contributed by atoms with Gasteiger partial charge in [-0.15, -0.1) is 0 Å². The van der Waals surface area contributed by atoms with Gasteiger partial charge in [-0.1, -0.05) is 36.8 Å². The molecule has 2 heterocycles. The number of carbonyl (C=O) groups excluding carboxylic acids is 1. The zero-order valence-electron chi connectivity index (χ0n) is 26.3. The van der Waals surface area contributed by atoms with Crippen molar-refractivity contribution in [3.63, 3.8) is 0 Å². The van der Waals surface area contributed by atoms with Crippen LogP contribution in [0.25, 0.3) is 6.08 Å². The molecule has 0 spiro atoms. The van der Waals surface area contributed by atoms with E-state index >= 15 is 0 Å². The van der Waals surface area contributed by atoms with Crippen molar-refractivity contribution in [3.05, 3.63) is 123 Å². The van der Waals surface area contributed by atoms with E-state index in [4.69, 9.17) is 23.9 Å². The Balaban J connectivity index is 1.60. The van der Waals surface area contributed by atoms with E-state index in [1.165, 1.54) is 18.8 Å². The minimum absolute atomic E-state index is 0.130. The minimum atomic E-state index is -0.915. The number of nitro benzene ring substituents is 2. The van der Waals surface area contributed by atoms with Crippen LogP contribution < -0.4 is 29.1 Å². The monoisotopic (exact) mass is 674 g/mol. The molecule has 15 heteroatoms. The maximum atomic E-state index is 14.1. The highest BCUT2D eigenvalue weighted by Gasteiger charge is 2.36. The number of fused-ring (bicyclic) bond motifs is 1. The van der Waals surface area contributed by atoms with Crippen LogP contribution in [0.1, 0.15) is 43.9 Å². The summed E-state index contributed by atoms with van der Waals surface area (Å²) in [4.78, 5) is 53.9. The molecule has 0 amide bonds. The zero-order valence-corrected chi connectivity index (χ0v) is 27.1. The normalized spacial score (nSPS) is 14.2. The highest BCUT2D eigenvalue weighted by atomic mass is 32.1. The van der Waals surface area contributed by atoms with Crippen LogP contribution in [0.5, 0.6) is 23.0 Å². The quantitative estimate of drug-likeness (QED) is 0.110. The second kappa shape index (κ2) is 14.3. The van der Waals surface area contributed by atoms with E-state index in [1.807, 2.05) is 6.92 Å². The summed E-state index contributed by atoms with van der Waals surface area (Å²) in [5.41, 5.74) is 0.507. The topological polar surface area (TPSA) is 175 Å². The van der Waals surface area contributed by atoms with Crippen molar-refractivity contribution < 1.29 is 33.6 Å². The number of esters is 1. The molecule has 48 heavy (non-hydrogen) atoms. The largest absolute Gasteiger partial charge is 0.497 e. The molecule has 0 bridgehead atoms. The maximum absolute atomic E-state index is 14.1. The lowest BCUT2D eigenvalue weighted by atomic mass is 9.93. The smallest absolute Gasteiger partial charge is 0.338 e. The molecule has 0 N–H and O–H groups in total. The lowest BCUT2D eigenvalue weighted by Crippen LogP contribution is -2.40. The first-order valence-electron chi connectivity index (χ1n) is 14.7. The molecule has 3 aromatic carbocycles. The number of allylic oxidation sites excluding steroid dienone is 1. The molecule has 0 radical (unpaired) electrons. The Labute approximate surface area is 277 Å². The number of methoxy groups -OCH3 is 2. The van der Waals surface area contributed by atoms with E-state index < -0.39 is 38.8 Å². The number of nitro groups is 2. The number of benzene rings is 3. The second-order valence-electron chi connectivity index (χ2n) is 10.4. The van der Waals surface area contributed by atoms with Gasteiger partial charge >= 0.3 is 11.7 Å². The molecule has 0 saturated carbocycles. The summed E-state index contributed by atoms with van der Waals surface area (Å²) < 4.78 is 24.1. The van der Waals surface area contributed by atoms with E-state index in [2.05, 4.69) is 0 Å². The summed E-state index contributed by atoms with van der Waals surface area (Å²) in [5, 5.41) is 22.6.